The molecule has 18 heavy (non-hydrogen) atoms. The first-order chi connectivity index (χ1) is 8.63. The third kappa shape index (κ3) is 5.27. The molecule has 0 atom stereocenters. The van der Waals surface area contributed by atoms with Crippen LogP contribution in [0.3, 0.4) is 0 Å². The standard InChI is InChI=1S/C14H21FN2O/c1-11-6-7-12(9-13(11)15)10-17-14(18)5-3-2-4-8-16/h6-7,9H,2-5,8,10,16H2,1H3,(H,17,18). The van der Waals surface area contributed by atoms with E-state index in [1.165, 1.54) is 6.07 Å². The van der Waals surface area contributed by atoms with Crippen LogP contribution in [0.5, 0.6) is 0 Å². The van der Waals surface area contributed by atoms with Crippen molar-refractivity contribution in [2.45, 2.75) is 39.2 Å². The molecule has 0 fully saturated rings. The van der Waals surface area contributed by atoms with Crippen LogP contribution in [0, 0.1) is 12.7 Å². The predicted octanol–water partition coefficient (Wildman–Crippen LogP) is 2.27. The number of nitrogens with one attached hydrogen (secondary N) is 1. The molecular formula is C14H21FN2O. The number of hydrogen-bond acceptors (Lipinski definition) is 2. The largest absolute Gasteiger partial charge is 0.352 e. The Kier molecular flexibility index (Phi) is 6.36. The summed E-state index contributed by atoms with van der Waals surface area (Å²) in [6.07, 6.45) is 3.29. The van der Waals surface area contributed by atoms with Crippen molar-refractivity contribution in [3.05, 3.63) is 35.1 Å². The molecule has 0 spiro atoms. The molecule has 0 saturated heterocycles. The third-order valence-electron chi connectivity index (χ3n) is 2.83. The van der Waals surface area contributed by atoms with Crippen molar-refractivity contribution in [1.82, 2.24) is 5.32 Å². The Bertz CT molecular complexity index is 393. The van der Waals surface area contributed by atoms with Crippen LogP contribution in [-0.2, 0) is 11.3 Å². The van der Waals surface area contributed by atoms with Crippen LogP contribution in [0.2, 0.25) is 0 Å². The lowest BCUT2D eigenvalue weighted by molar-refractivity contribution is -0.121. The molecule has 100 valence electrons. The lowest BCUT2D eigenvalue weighted by atomic mass is 10.1. The van der Waals surface area contributed by atoms with Crippen LogP contribution in [0.1, 0.15) is 36.8 Å². The average Bonchev–Trinajstić information content (AvgIpc) is 2.36. The first-order valence-electron chi connectivity index (χ1n) is 6.35. The maximum atomic E-state index is 13.3. The van der Waals surface area contributed by atoms with Gasteiger partial charge in [-0.25, -0.2) is 4.39 Å². The number of hydrogen-bond donors (Lipinski definition) is 2. The highest BCUT2D eigenvalue weighted by Gasteiger charge is 2.03. The second kappa shape index (κ2) is 7.82. The second-order valence-corrected chi connectivity index (χ2v) is 4.46. The molecule has 0 radical (unpaired) electrons. The molecule has 0 aliphatic heterocycles. The normalized spacial score (nSPS) is 10.4. The van der Waals surface area contributed by atoms with Gasteiger partial charge in [0.25, 0.3) is 0 Å². The summed E-state index contributed by atoms with van der Waals surface area (Å²) in [5.74, 6) is -0.224. The molecule has 1 aromatic rings. The van der Waals surface area contributed by atoms with E-state index in [1.54, 1.807) is 13.0 Å². The minimum Gasteiger partial charge on any atom is -0.352 e. The summed E-state index contributed by atoms with van der Waals surface area (Å²) in [6.45, 7) is 2.77. The molecule has 0 aliphatic carbocycles. The molecule has 1 rings (SSSR count). The van der Waals surface area contributed by atoms with Gasteiger partial charge in [-0.15, -0.1) is 0 Å². The van der Waals surface area contributed by atoms with Gasteiger partial charge in [0.1, 0.15) is 5.82 Å². The van der Waals surface area contributed by atoms with Crippen LogP contribution < -0.4 is 11.1 Å². The topological polar surface area (TPSA) is 55.1 Å². The Hall–Kier alpha value is -1.42. The Balaban J connectivity index is 2.27. The van der Waals surface area contributed by atoms with Gasteiger partial charge in [-0.3, -0.25) is 4.79 Å². The van der Waals surface area contributed by atoms with Crippen LogP contribution in [0.25, 0.3) is 0 Å². The van der Waals surface area contributed by atoms with E-state index in [4.69, 9.17) is 5.73 Å². The first kappa shape index (κ1) is 14.6. The summed E-state index contributed by atoms with van der Waals surface area (Å²) >= 11 is 0. The number of amides is 1. The SMILES string of the molecule is Cc1ccc(CNC(=O)CCCCCN)cc1F. The van der Waals surface area contributed by atoms with E-state index in [0.717, 1.165) is 24.8 Å². The number of halogens is 1. The van der Waals surface area contributed by atoms with E-state index >= 15 is 0 Å². The molecule has 0 heterocycles. The fraction of sp³-hybridized carbons (Fsp3) is 0.500. The van der Waals surface area contributed by atoms with E-state index in [9.17, 15) is 9.18 Å². The van der Waals surface area contributed by atoms with E-state index in [0.29, 0.717) is 25.1 Å². The molecule has 0 bridgehead atoms. The van der Waals surface area contributed by atoms with E-state index in [-0.39, 0.29) is 11.7 Å². The van der Waals surface area contributed by atoms with Gasteiger partial charge in [-0.1, -0.05) is 18.6 Å². The highest BCUT2D eigenvalue weighted by molar-refractivity contribution is 5.75. The molecule has 3 N–H and O–H groups in total. The zero-order valence-corrected chi connectivity index (χ0v) is 10.8. The minimum atomic E-state index is -0.232. The molecule has 0 aromatic heterocycles. The fourth-order valence-corrected chi connectivity index (χ4v) is 1.64. The second-order valence-electron chi connectivity index (χ2n) is 4.46. The summed E-state index contributed by atoms with van der Waals surface area (Å²) in [5, 5.41) is 2.79. The summed E-state index contributed by atoms with van der Waals surface area (Å²) in [4.78, 5) is 11.5. The number of benzene rings is 1. The summed E-state index contributed by atoms with van der Waals surface area (Å²) in [5.41, 5.74) is 6.77. The zero-order valence-electron chi connectivity index (χ0n) is 10.8. The van der Waals surface area contributed by atoms with E-state index < -0.39 is 0 Å². The molecule has 3 nitrogen and oxygen atoms in total. The van der Waals surface area contributed by atoms with Gasteiger partial charge in [0, 0.05) is 13.0 Å². The number of carbonyl (C=O) groups excluding carboxylic acids is 1. The van der Waals surface area contributed by atoms with E-state index in [2.05, 4.69) is 5.32 Å². The molecule has 0 aliphatic rings. The smallest absolute Gasteiger partial charge is 0.220 e. The van der Waals surface area contributed by atoms with Crippen molar-refractivity contribution in [3.63, 3.8) is 0 Å². The summed E-state index contributed by atoms with van der Waals surface area (Å²) in [7, 11) is 0. The lowest BCUT2D eigenvalue weighted by Gasteiger charge is -2.06. The van der Waals surface area contributed by atoms with Crippen LogP contribution >= 0.6 is 0 Å². The Labute approximate surface area is 108 Å². The van der Waals surface area contributed by atoms with E-state index in [1.807, 2.05) is 6.07 Å². The Morgan fingerprint density at radius 2 is 2.11 bits per heavy atom. The third-order valence-corrected chi connectivity index (χ3v) is 2.83. The minimum absolute atomic E-state index is 0.00741. The predicted molar refractivity (Wildman–Crippen MR) is 70.5 cm³/mol. The monoisotopic (exact) mass is 252 g/mol. The van der Waals surface area contributed by atoms with Crippen molar-refractivity contribution in [2.75, 3.05) is 6.54 Å². The lowest BCUT2D eigenvalue weighted by Crippen LogP contribution is -2.22. The van der Waals surface area contributed by atoms with Gasteiger partial charge in [-0.2, -0.15) is 0 Å². The van der Waals surface area contributed by atoms with Gasteiger partial charge in [-0.05, 0) is 43.5 Å². The van der Waals surface area contributed by atoms with Crippen molar-refractivity contribution < 1.29 is 9.18 Å². The molecular weight excluding hydrogens is 231 g/mol. The highest BCUT2D eigenvalue weighted by atomic mass is 19.1. The van der Waals surface area contributed by atoms with Crippen molar-refractivity contribution in [1.29, 1.82) is 0 Å². The summed E-state index contributed by atoms with van der Waals surface area (Å²) < 4.78 is 13.3. The number of unbranched alkanes of at least 4 members (excludes halogenated alkanes) is 2. The quantitative estimate of drug-likeness (QED) is 0.731. The molecule has 0 unspecified atom stereocenters. The molecule has 1 amide bonds. The van der Waals surface area contributed by atoms with Crippen LogP contribution in [-0.4, -0.2) is 12.5 Å². The zero-order chi connectivity index (χ0) is 13.4. The van der Waals surface area contributed by atoms with Crippen molar-refractivity contribution in [3.8, 4) is 0 Å². The van der Waals surface area contributed by atoms with Gasteiger partial charge >= 0.3 is 0 Å². The Morgan fingerprint density at radius 1 is 1.33 bits per heavy atom. The molecule has 0 saturated carbocycles. The van der Waals surface area contributed by atoms with Crippen LogP contribution in [0.15, 0.2) is 18.2 Å². The number of rotatable bonds is 7. The van der Waals surface area contributed by atoms with Gasteiger partial charge < -0.3 is 11.1 Å². The number of carbonyl (C=O) groups is 1. The van der Waals surface area contributed by atoms with Crippen LogP contribution in [0.4, 0.5) is 4.39 Å². The van der Waals surface area contributed by atoms with Crippen molar-refractivity contribution >= 4 is 5.91 Å². The number of nitrogens with two attached hydrogens (primary N) is 1. The fourth-order valence-electron chi connectivity index (χ4n) is 1.64. The molecule has 1 aromatic carbocycles. The van der Waals surface area contributed by atoms with Crippen molar-refractivity contribution in [2.24, 2.45) is 5.73 Å². The number of aryl methyl sites for hydroxylation is 1. The van der Waals surface area contributed by atoms with Gasteiger partial charge in [0.2, 0.25) is 5.91 Å². The molecule has 4 heteroatoms. The maximum absolute atomic E-state index is 13.3. The maximum Gasteiger partial charge on any atom is 0.220 e. The van der Waals surface area contributed by atoms with Gasteiger partial charge in [0.05, 0.1) is 0 Å². The van der Waals surface area contributed by atoms with Gasteiger partial charge in [0.15, 0.2) is 0 Å². The average molecular weight is 252 g/mol. The highest BCUT2D eigenvalue weighted by Crippen LogP contribution is 2.09. The first-order valence-corrected chi connectivity index (χ1v) is 6.35. The Morgan fingerprint density at radius 3 is 2.78 bits per heavy atom. The summed E-state index contributed by atoms with van der Waals surface area (Å²) in [6, 6.07) is 5.01.